The first-order chi connectivity index (χ1) is 12.3. The maximum atomic E-state index is 12.7. The summed E-state index contributed by atoms with van der Waals surface area (Å²) < 4.78 is 0. The van der Waals surface area contributed by atoms with Crippen molar-refractivity contribution in [2.45, 2.75) is 70.7 Å². The average molecular weight is 364 g/mol. The molecule has 4 aliphatic carbocycles. The molecular weight excluding hydrogens is 332 g/mol. The van der Waals surface area contributed by atoms with Crippen LogP contribution in [-0.2, 0) is 4.79 Å². The highest BCUT2D eigenvalue weighted by Crippen LogP contribution is 2.65. The molecule has 0 aromatic carbocycles. The Hall–Kier alpha value is -0.750. The van der Waals surface area contributed by atoms with Crippen LogP contribution in [0.4, 0.5) is 0 Å². The van der Waals surface area contributed by atoms with E-state index in [1.165, 1.54) is 0 Å². The van der Waals surface area contributed by atoms with Crippen molar-refractivity contribution in [1.82, 2.24) is 0 Å². The summed E-state index contributed by atoms with van der Waals surface area (Å²) in [5, 5.41) is 41.3. The van der Waals surface area contributed by atoms with Crippen LogP contribution in [0.25, 0.3) is 0 Å². The van der Waals surface area contributed by atoms with E-state index >= 15 is 0 Å². The van der Waals surface area contributed by atoms with Crippen molar-refractivity contribution in [1.29, 1.82) is 0 Å². The fourth-order valence-corrected chi connectivity index (χ4v) is 7.45. The summed E-state index contributed by atoms with van der Waals surface area (Å²) in [4.78, 5) is 12.7. The van der Waals surface area contributed by atoms with Crippen LogP contribution in [0.3, 0.4) is 0 Å². The molecule has 0 heterocycles. The number of allylic oxidation sites excluding steroid dienone is 1. The fraction of sp³-hybridized carbons (Fsp3) is 0.857. The third-order valence-corrected chi connectivity index (χ3v) is 8.66. The van der Waals surface area contributed by atoms with Gasteiger partial charge in [-0.15, -0.1) is 0 Å². The van der Waals surface area contributed by atoms with Crippen LogP contribution in [-0.4, -0.2) is 51.1 Å². The summed E-state index contributed by atoms with van der Waals surface area (Å²) in [6.07, 6.45) is 3.29. The van der Waals surface area contributed by atoms with E-state index in [0.717, 1.165) is 31.3 Å². The molecule has 3 fully saturated rings. The van der Waals surface area contributed by atoms with Gasteiger partial charge in [0.15, 0.2) is 0 Å². The lowest BCUT2D eigenvalue weighted by atomic mass is 9.46. The van der Waals surface area contributed by atoms with Crippen LogP contribution < -0.4 is 0 Å². The van der Waals surface area contributed by atoms with Crippen molar-refractivity contribution < 1.29 is 25.2 Å². The van der Waals surface area contributed by atoms with Crippen molar-refractivity contribution in [3.63, 3.8) is 0 Å². The number of fused-ring (bicyclic) bond motifs is 5. The number of aliphatic hydroxyl groups excluding tert-OH is 4. The minimum atomic E-state index is -1.12. The van der Waals surface area contributed by atoms with Gasteiger partial charge in [0, 0.05) is 24.4 Å². The second-order valence-electron chi connectivity index (χ2n) is 9.46. The summed E-state index contributed by atoms with van der Waals surface area (Å²) >= 11 is 0. The predicted molar refractivity (Wildman–Crippen MR) is 96.1 cm³/mol. The summed E-state index contributed by atoms with van der Waals surface area (Å²) in [6.45, 7) is 4.22. The maximum absolute atomic E-state index is 12.7. The molecule has 0 bridgehead atoms. The number of hydrogen-bond acceptors (Lipinski definition) is 5. The highest BCUT2D eigenvalue weighted by atomic mass is 16.4. The third kappa shape index (κ3) is 2.20. The Morgan fingerprint density at radius 1 is 1.23 bits per heavy atom. The Kier molecular flexibility index (Phi) is 4.39. The number of carbonyl (C=O) groups is 1. The van der Waals surface area contributed by atoms with Crippen LogP contribution >= 0.6 is 0 Å². The van der Waals surface area contributed by atoms with E-state index in [2.05, 4.69) is 13.0 Å². The van der Waals surface area contributed by atoms with E-state index in [-0.39, 0.29) is 35.2 Å². The van der Waals surface area contributed by atoms with Crippen LogP contribution in [0.15, 0.2) is 11.6 Å². The molecule has 5 nitrogen and oxygen atoms in total. The standard InChI is InChI=1S/C21H32O5/c1-3-12-16(23)8-15-11-4-5-14-18(25)19(26)17(24)9-20(14,2)13(11)6-7-21(12,15)10-22/h5,11-13,15,17-19,22,24-26H,3-4,6-10H2,1-2H3. The zero-order valence-electron chi connectivity index (χ0n) is 15.8. The first-order valence-electron chi connectivity index (χ1n) is 10.2. The van der Waals surface area contributed by atoms with Crippen LogP contribution in [0.2, 0.25) is 0 Å². The number of Topliss-reactive ketones (excluding diaryl/α,β-unsaturated/α-hetero) is 1. The Bertz CT molecular complexity index is 630. The van der Waals surface area contributed by atoms with E-state index in [1.807, 2.05) is 6.92 Å². The van der Waals surface area contributed by atoms with Crippen LogP contribution in [0.5, 0.6) is 0 Å². The second kappa shape index (κ2) is 6.13. The fourth-order valence-electron chi connectivity index (χ4n) is 7.45. The van der Waals surface area contributed by atoms with Gasteiger partial charge in [0.2, 0.25) is 0 Å². The highest BCUT2D eigenvalue weighted by molar-refractivity contribution is 5.85. The third-order valence-electron chi connectivity index (χ3n) is 8.66. The molecule has 146 valence electrons. The van der Waals surface area contributed by atoms with E-state index in [0.29, 0.717) is 24.5 Å². The number of carbonyl (C=O) groups excluding carboxylic acids is 1. The van der Waals surface area contributed by atoms with Gasteiger partial charge < -0.3 is 20.4 Å². The van der Waals surface area contributed by atoms with Crippen LogP contribution in [0.1, 0.15) is 52.4 Å². The zero-order valence-corrected chi connectivity index (χ0v) is 15.8. The Labute approximate surface area is 155 Å². The first-order valence-corrected chi connectivity index (χ1v) is 10.2. The Morgan fingerprint density at radius 2 is 1.96 bits per heavy atom. The van der Waals surface area contributed by atoms with Crippen LogP contribution in [0, 0.1) is 34.5 Å². The predicted octanol–water partition coefficient (Wildman–Crippen LogP) is 1.43. The van der Waals surface area contributed by atoms with E-state index in [4.69, 9.17) is 0 Å². The summed E-state index contributed by atoms with van der Waals surface area (Å²) in [5.74, 6) is 0.999. The van der Waals surface area contributed by atoms with Gasteiger partial charge in [-0.1, -0.05) is 19.9 Å². The number of aliphatic hydroxyl groups is 4. The molecule has 0 saturated heterocycles. The largest absolute Gasteiger partial charge is 0.396 e. The van der Waals surface area contributed by atoms with Gasteiger partial charge >= 0.3 is 0 Å². The average Bonchev–Trinajstić information content (AvgIpc) is 2.91. The molecule has 4 aliphatic rings. The normalized spacial score (nSPS) is 53.5. The molecule has 26 heavy (non-hydrogen) atoms. The Morgan fingerprint density at radius 3 is 2.62 bits per heavy atom. The zero-order chi connectivity index (χ0) is 18.9. The number of rotatable bonds is 2. The smallest absolute Gasteiger partial charge is 0.136 e. The molecule has 9 atom stereocenters. The monoisotopic (exact) mass is 364 g/mol. The number of hydrogen-bond donors (Lipinski definition) is 4. The first kappa shape index (κ1) is 18.6. The van der Waals surface area contributed by atoms with Gasteiger partial charge in [-0.2, -0.15) is 0 Å². The Balaban J connectivity index is 1.73. The van der Waals surface area contributed by atoms with Crippen molar-refractivity contribution in [3.8, 4) is 0 Å². The van der Waals surface area contributed by atoms with Gasteiger partial charge in [-0.3, -0.25) is 4.79 Å². The van der Waals surface area contributed by atoms with Gasteiger partial charge in [0.05, 0.1) is 6.10 Å². The highest BCUT2D eigenvalue weighted by Gasteiger charge is 2.63. The van der Waals surface area contributed by atoms with Crippen molar-refractivity contribution >= 4 is 5.78 Å². The van der Waals surface area contributed by atoms with Crippen molar-refractivity contribution in [3.05, 3.63) is 11.6 Å². The van der Waals surface area contributed by atoms with E-state index in [9.17, 15) is 25.2 Å². The van der Waals surface area contributed by atoms with Gasteiger partial charge in [-0.05, 0) is 60.8 Å². The molecule has 0 aromatic rings. The van der Waals surface area contributed by atoms with Crippen molar-refractivity contribution in [2.24, 2.45) is 34.5 Å². The molecule has 3 saturated carbocycles. The van der Waals surface area contributed by atoms with E-state index < -0.39 is 18.3 Å². The lowest BCUT2D eigenvalue weighted by molar-refractivity contribution is -0.133. The molecule has 0 aromatic heterocycles. The molecule has 4 N–H and O–H groups in total. The van der Waals surface area contributed by atoms with E-state index in [1.54, 1.807) is 0 Å². The second-order valence-corrected chi connectivity index (χ2v) is 9.46. The molecule has 0 spiro atoms. The summed E-state index contributed by atoms with van der Waals surface area (Å²) in [7, 11) is 0. The molecule has 0 radical (unpaired) electrons. The molecule has 9 unspecified atom stereocenters. The maximum Gasteiger partial charge on any atom is 0.136 e. The lowest BCUT2D eigenvalue weighted by Crippen LogP contribution is -2.58. The minimum absolute atomic E-state index is 0.0407. The topological polar surface area (TPSA) is 98.0 Å². The minimum Gasteiger partial charge on any atom is -0.396 e. The summed E-state index contributed by atoms with van der Waals surface area (Å²) in [5.41, 5.74) is 0.222. The van der Waals surface area contributed by atoms with Gasteiger partial charge in [0.25, 0.3) is 0 Å². The quantitative estimate of drug-likeness (QED) is 0.556. The van der Waals surface area contributed by atoms with Crippen molar-refractivity contribution in [2.75, 3.05) is 6.61 Å². The molecule has 5 heteroatoms. The SMILES string of the molecule is CCC1C(=O)CC2C3CC=C4C(O)C(O)C(O)CC4(C)C3CCC12CO. The summed E-state index contributed by atoms with van der Waals surface area (Å²) in [6, 6.07) is 0. The van der Waals surface area contributed by atoms with Gasteiger partial charge in [-0.25, -0.2) is 0 Å². The number of ketones is 1. The molecular formula is C21H32O5. The molecule has 0 amide bonds. The molecule has 4 rings (SSSR count). The lowest BCUT2D eigenvalue weighted by Gasteiger charge is -2.59. The molecule has 0 aliphatic heterocycles. The van der Waals surface area contributed by atoms with Gasteiger partial charge in [0.1, 0.15) is 18.0 Å².